The molecule has 32 heavy (non-hydrogen) atoms. The molecule has 0 fully saturated rings. The van der Waals surface area contributed by atoms with Gasteiger partial charge in [-0.2, -0.15) is 0 Å². The Bertz CT molecular complexity index is 1380. The van der Waals surface area contributed by atoms with Gasteiger partial charge in [-0.15, -0.1) is 0 Å². The van der Waals surface area contributed by atoms with Crippen LogP contribution in [-0.4, -0.2) is 36.6 Å². The van der Waals surface area contributed by atoms with E-state index in [1.165, 1.54) is 0 Å². The van der Waals surface area contributed by atoms with Gasteiger partial charge < -0.3 is 15.4 Å². The van der Waals surface area contributed by atoms with Gasteiger partial charge in [-0.25, -0.2) is 15.0 Å². The predicted molar refractivity (Wildman–Crippen MR) is 125 cm³/mol. The molecule has 0 atom stereocenters. The lowest BCUT2D eigenvalue weighted by Gasteiger charge is -2.10. The van der Waals surface area contributed by atoms with Crippen molar-refractivity contribution in [3.8, 4) is 28.5 Å². The van der Waals surface area contributed by atoms with Gasteiger partial charge in [0.15, 0.2) is 5.82 Å². The van der Waals surface area contributed by atoms with Crippen LogP contribution in [0, 0.1) is 6.92 Å². The molecule has 0 saturated heterocycles. The van der Waals surface area contributed by atoms with Crippen LogP contribution in [0.15, 0.2) is 73.2 Å². The molecule has 0 saturated carbocycles. The molecule has 7 heteroatoms. The Morgan fingerprint density at radius 3 is 2.75 bits per heavy atom. The number of aromatic amines is 1. The molecular weight excluding hydrogens is 400 g/mol. The number of hydrogen-bond acceptors (Lipinski definition) is 6. The fourth-order valence-electron chi connectivity index (χ4n) is 3.68. The number of pyridine rings is 2. The second-order valence-electron chi connectivity index (χ2n) is 7.59. The second kappa shape index (κ2) is 8.47. The Morgan fingerprint density at radius 2 is 1.91 bits per heavy atom. The first-order valence-electron chi connectivity index (χ1n) is 10.4. The third-order valence-electron chi connectivity index (χ3n) is 5.25. The Balaban J connectivity index is 1.43. The number of aryl methyl sites for hydroxylation is 1. The molecule has 4 aromatic heterocycles. The zero-order valence-corrected chi connectivity index (χ0v) is 17.6. The van der Waals surface area contributed by atoms with E-state index in [1.807, 2.05) is 55.6 Å². The van der Waals surface area contributed by atoms with Crippen molar-refractivity contribution in [2.24, 2.45) is 0 Å². The van der Waals surface area contributed by atoms with E-state index in [1.54, 1.807) is 24.5 Å². The summed E-state index contributed by atoms with van der Waals surface area (Å²) >= 11 is 0. The van der Waals surface area contributed by atoms with Gasteiger partial charge in [0, 0.05) is 53.4 Å². The molecule has 0 radical (unpaired) electrons. The van der Waals surface area contributed by atoms with Crippen LogP contribution in [0.5, 0.6) is 5.75 Å². The van der Waals surface area contributed by atoms with Crippen LogP contribution in [0.4, 0.5) is 5.82 Å². The van der Waals surface area contributed by atoms with Gasteiger partial charge >= 0.3 is 0 Å². The molecule has 1 aromatic carbocycles. The summed E-state index contributed by atoms with van der Waals surface area (Å²) in [4.78, 5) is 21.5. The van der Waals surface area contributed by atoms with Gasteiger partial charge in [-0.1, -0.05) is 6.07 Å². The Kier molecular flexibility index (Phi) is 5.21. The zero-order chi connectivity index (χ0) is 21.9. The molecule has 0 aliphatic carbocycles. The number of fused-ring (bicyclic) bond motifs is 1. The molecule has 0 amide bonds. The van der Waals surface area contributed by atoms with E-state index in [0.717, 1.165) is 51.4 Å². The van der Waals surface area contributed by atoms with Crippen LogP contribution in [0.3, 0.4) is 0 Å². The van der Waals surface area contributed by atoms with Gasteiger partial charge in [0.25, 0.3) is 0 Å². The van der Waals surface area contributed by atoms with Crippen LogP contribution >= 0.6 is 0 Å². The number of phenolic OH excluding ortho intramolecular Hbond substituents is 1. The maximum absolute atomic E-state index is 9.82. The number of hydrogen-bond donors (Lipinski definition) is 3. The Hall–Kier alpha value is -4.26. The van der Waals surface area contributed by atoms with Crippen molar-refractivity contribution < 1.29 is 5.11 Å². The van der Waals surface area contributed by atoms with Crippen LogP contribution in [0.25, 0.3) is 33.7 Å². The first-order valence-corrected chi connectivity index (χ1v) is 10.4. The highest BCUT2D eigenvalue weighted by Crippen LogP contribution is 2.25. The summed E-state index contributed by atoms with van der Waals surface area (Å²) in [6, 6.07) is 17.0. The van der Waals surface area contributed by atoms with Crippen molar-refractivity contribution >= 4 is 16.7 Å². The lowest BCUT2D eigenvalue weighted by molar-refractivity contribution is 0.476. The fourth-order valence-corrected chi connectivity index (χ4v) is 3.68. The number of H-pyrrole nitrogens is 1. The smallest absolute Gasteiger partial charge is 0.180 e. The average molecular weight is 422 g/mol. The molecule has 158 valence electrons. The molecule has 0 spiro atoms. The molecule has 0 bridgehead atoms. The summed E-state index contributed by atoms with van der Waals surface area (Å²) in [5.74, 6) is 1.55. The summed E-state index contributed by atoms with van der Waals surface area (Å²) in [5.41, 5.74) is 5.47. The zero-order valence-electron chi connectivity index (χ0n) is 17.6. The fraction of sp³-hybridized carbons (Fsp3) is 0.120. The van der Waals surface area contributed by atoms with Crippen molar-refractivity contribution in [2.75, 3.05) is 11.9 Å². The van der Waals surface area contributed by atoms with Crippen LogP contribution in [0.2, 0.25) is 0 Å². The summed E-state index contributed by atoms with van der Waals surface area (Å²) in [6.07, 6.45) is 6.28. The van der Waals surface area contributed by atoms with Crippen molar-refractivity contribution in [3.63, 3.8) is 0 Å². The first-order chi connectivity index (χ1) is 15.7. The van der Waals surface area contributed by atoms with E-state index >= 15 is 0 Å². The van der Waals surface area contributed by atoms with E-state index in [4.69, 9.17) is 9.97 Å². The highest BCUT2D eigenvalue weighted by atomic mass is 16.3. The molecule has 5 aromatic rings. The highest BCUT2D eigenvalue weighted by Gasteiger charge is 2.11. The summed E-state index contributed by atoms with van der Waals surface area (Å²) < 4.78 is 0. The number of phenols is 1. The van der Waals surface area contributed by atoms with E-state index in [0.29, 0.717) is 12.4 Å². The normalized spacial score (nSPS) is 11.0. The molecular formula is C25H22N6O. The number of nitrogens with zero attached hydrogens (tertiary/aromatic N) is 4. The van der Waals surface area contributed by atoms with Crippen LogP contribution in [0.1, 0.15) is 11.3 Å². The maximum atomic E-state index is 9.82. The van der Waals surface area contributed by atoms with E-state index in [2.05, 4.69) is 20.3 Å². The number of benzene rings is 1. The molecule has 7 nitrogen and oxygen atoms in total. The lowest BCUT2D eigenvalue weighted by Crippen LogP contribution is -2.08. The monoisotopic (exact) mass is 422 g/mol. The van der Waals surface area contributed by atoms with Gasteiger partial charge in [0.2, 0.25) is 0 Å². The first kappa shape index (κ1) is 19.7. The van der Waals surface area contributed by atoms with Crippen LogP contribution in [-0.2, 0) is 6.42 Å². The molecule has 0 aliphatic heterocycles. The minimum Gasteiger partial charge on any atom is -0.508 e. The lowest BCUT2D eigenvalue weighted by atomic mass is 10.1. The largest absolute Gasteiger partial charge is 0.508 e. The average Bonchev–Trinajstić information content (AvgIpc) is 3.21. The van der Waals surface area contributed by atoms with Gasteiger partial charge in [0.1, 0.15) is 17.3 Å². The summed E-state index contributed by atoms with van der Waals surface area (Å²) in [6.45, 7) is 2.62. The Labute approximate surface area is 185 Å². The van der Waals surface area contributed by atoms with Crippen molar-refractivity contribution in [2.45, 2.75) is 13.3 Å². The molecule has 5 rings (SSSR count). The minimum atomic E-state index is 0.263. The summed E-state index contributed by atoms with van der Waals surface area (Å²) in [5, 5.41) is 14.3. The predicted octanol–water partition coefficient (Wildman–Crippen LogP) is 4.75. The standard InChI is InChI=1S/C25H22N6O/c1-16-4-2-6-22(29-16)25-30-23(18-5-3-10-26-14-18)13-24(31-25)27-11-9-17-15-28-21-8-7-19(32)12-20(17)21/h2-8,10,12-15,28,32H,9,11H2,1H3,(H,27,30,31). The molecule has 0 unspecified atom stereocenters. The minimum absolute atomic E-state index is 0.263. The SMILES string of the molecule is Cc1cccc(-c2nc(NCCc3c[nH]c4ccc(O)cc34)cc(-c3cccnc3)n2)n1. The van der Waals surface area contributed by atoms with E-state index in [9.17, 15) is 5.11 Å². The number of rotatable bonds is 6. The van der Waals surface area contributed by atoms with Crippen LogP contribution < -0.4 is 5.32 Å². The van der Waals surface area contributed by atoms with Gasteiger partial charge in [-0.05, 0) is 61.4 Å². The number of aromatic hydroxyl groups is 1. The van der Waals surface area contributed by atoms with Crippen molar-refractivity contribution in [1.29, 1.82) is 0 Å². The van der Waals surface area contributed by atoms with Gasteiger partial charge in [0.05, 0.1) is 5.69 Å². The van der Waals surface area contributed by atoms with Crippen molar-refractivity contribution in [1.82, 2.24) is 24.9 Å². The summed E-state index contributed by atoms with van der Waals surface area (Å²) in [7, 11) is 0. The maximum Gasteiger partial charge on any atom is 0.180 e. The number of nitrogens with one attached hydrogen (secondary N) is 2. The topological polar surface area (TPSA) is 99.6 Å². The third-order valence-corrected chi connectivity index (χ3v) is 5.25. The van der Waals surface area contributed by atoms with E-state index < -0.39 is 0 Å². The molecule has 3 N–H and O–H groups in total. The van der Waals surface area contributed by atoms with Gasteiger partial charge in [-0.3, -0.25) is 4.98 Å². The third kappa shape index (κ3) is 4.13. The second-order valence-corrected chi connectivity index (χ2v) is 7.59. The molecule has 0 aliphatic rings. The number of aromatic nitrogens is 5. The van der Waals surface area contributed by atoms with E-state index in [-0.39, 0.29) is 5.75 Å². The quantitative estimate of drug-likeness (QED) is 0.365. The Morgan fingerprint density at radius 1 is 0.969 bits per heavy atom. The van der Waals surface area contributed by atoms with Crippen molar-refractivity contribution in [3.05, 3.63) is 84.4 Å². The molecule has 4 heterocycles. The highest BCUT2D eigenvalue weighted by molar-refractivity contribution is 5.84. The number of anilines is 1.